The SMILES string of the molecule is NC(=O)c1ccc(C(=O)N2CCCC(F)(CO)C2)cc1. The molecular weight excluding hydrogens is 263 g/mol. The molecule has 3 N–H and O–H groups in total. The molecule has 1 aliphatic heterocycles. The van der Waals surface area contributed by atoms with Crippen molar-refractivity contribution in [2.75, 3.05) is 19.7 Å². The summed E-state index contributed by atoms with van der Waals surface area (Å²) in [5, 5.41) is 9.05. The lowest BCUT2D eigenvalue weighted by atomic mass is 9.95. The van der Waals surface area contributed by atoms with Crippen LogP contribution in [-0.4, -0.2) is 47.2 Å². The van der Waals surface area contributed by atoms with Gasteiger partial charge in [-0.25, -0.2) is 4.39 Å². The van der Waals surface area contributed by atoms with Crippen molar-refractivity contribution in [1.82, 2.24) is 4.90 Å². The highest BCUT2D eigenvalue weighted by atomic mass is 19.1. The van der Waals surface area contributed by atoms with Crippen molar-refractivity contribution in [3.05, 3.63) is 35.4 Å². The lowest BCUT2D eigenvalue weighted by Crippen LogP contribution is -2.49. The van der Waals surface area contributed by atoms with Gasteiger partial charge in [-0.15, -0.1) is 0 Å². The molecule has 1 fully saturated rings. The first kappa shape index (κ1) is 14.5. The molecule has 2 amide bonds. The van der Waals surface area contributed by atoms with Crippen LogP contribution in [0.1, 0.15) is 33.6 Å². The summed E-state index contributed by atoms with van der Waals surface area (Å²) in [7, 11) is 0. The second-order valence-electron chi connectivity index (χ2n) is 5.08. The van der Waals surface area contributed by atoms with Crippen molar-refractivity contribution in [2.24, 2.45) is 5.73 Å². The Morgan fingerprint density at radius 2 is 1.90 bits per heavy atom. The molecule has 0 spiro atoms. The summed E-state index contributed by atoms with van der Waals surface area (Å²) in [5.74, 6) is -0.874. The summed E-state index contributed by atoms with van der Waals surface area (Å²) in [4.78, 5) is 24.6. The molecule has 2 rings (SSSR count). The number of halogens is 1. The molecule has 0 bridgehead atoms. The highest BCUT2D eigenvalue weighted by Gasteiger charge is 2.36. The van der Waals surface area contributed by atoms with Crippen molar-refractivity contribution in [2.45, 2.75) is 18.5 Å². The number of likely N-dealkylation sites (tertiary alicyclic amines) is 1. The van der Waals surface area contributed by atoms with E-state index < -0.39 is 18.2 Å². The van der Waals surface area contributed by atoms with Crippen molar-refractivity contribution >= 4 is 11.8 Å². The monoisotopic (exact) mass is 280 g/mol. The van der Waals surface area contributed by atoms with Crippen LogP contribution in [0.4, 0.5) is 4.39 Å². The van der Waals surface area contributed by atoms with Crippen molar-refractivity contribution in [1.29, 1.82) is 0 Å². The molecule has 6 heteroatoms. The van der Waals surface area contributed by atoms with Gasteiger partial charge in [0.25, 0.3) is 5.91 Å². The molecule has 1 saturated heterocycles. The maximum absolute atomic E-state index is 14.1. The number of rotatable bonds is 3. The third kappa shape index (κ3) is 2.96. The van der Waals surface area contributed by atoms with Crippen molar-refractivity contribution in [3.8, 4) is 0 Å². The molecule has 1 atom stereocenters. The second kappa shape index (κ2) is 5.58. The van der Waals surface area contributed by atoms with E-state index in [1.165, 1.54) is 29.2 Å². The first-order valence-electron chi connectivity index (χ1n) is 6.44. The third-order valence-corrected chi connectivity index (χ3v) is 3.51. The Hall–Kier alpha value is -1.95. The zero-order valence-corrected chi connectivity index (χ0v) is 11.0. The van der Waals surface area contributed by atoms with Gasteiger partial charge in [0.1, 0.15) is 0 Å². The number of primary amides is 1. The van der Waals surface area contributed by atoms with E-state index in [0.29, 0.717) is 24.1 Å². The van der Waals surface area contributed by atoms with E-state index in [4.69, 9.17) is 10.8 Å². The van der Waals surface area contributed by atoms with E-state index in [2.05, 4.69) is 0 Å². The summed E-state index contributed by atoms with van der Waals surface area (Å²) < 4.78 is 14.1. The molecule has 0 radical (unpaired) electrons. The minimum atomic E-state index is -1.72. The van der Waals surface area contributed by atoms with E-state index >= 15 is 0 Å². The number of piperidine rings is 1. The number of carbonyl (C=O) groups excluding carboxylic acids is 2. The van der Waals surface area contributed by atoms with Gasteiger partial charge in [-0.05, 0) is 37.1 Å². The molecule has 1 aliphatic rings. The standard InChI is InChI=1S/C14H17FN2O3/c15-14(9-18)6-1-7-17(8-14)13(20)11-4-2-10(3-5-11)12(16)19/h2-5,18H,1,6-9H2,(H2,16,19). The van der Waals surface area contributed by atoms with E-state index in [-0.39, 0.29) is 18.9 Å². The predicted octanol–water partition coefficient (Wildman–Crippen LogP) is 0.722. The van der Waals surface area contributed by atoms with E-state index in [1.54, 1.807) is 0 Å². The molecule has 20 heavy (non-hydrogen) atoms. The van der Waals surface area contributed by atoms with E-state index in [1.807, 2.05) is 0 Å². The Bertz CT molecular complexity index is 518. The lowest BCUT2D eigenvalue weighted by Gasteiger charge is -2.36. The highest BCUT2D eigenvalue weighted by Crippen LogP contribution is 2.25. The van der Waals surface area contributed by atoms with E-state index in [0.717, 1.165) is 0 Å². The Balaban J connectivity index is 2.12. The highest BCUT2D eigenvalue weighted by molar-refractivity contribution is 5.97. The number of hydrogen-bond donors (Lipinski definition) is 2. The maximum atomic E-state index is 14.1. The molecule has 1 aromatic carbocycles. The number of nitrogens with two attached hydrogens (primary N) is 1. The van der Waals surface area contributed by atoms with Crippen LogP contribution < -0.4 is 5.73 Å². The van der Waals surface area contributed by atoms with Gasteiger partial charge >= 0.3 is 0 Å². The average Bonchev–Trinajstić information content (AvgIpc) is 2.46. The van der Waals surface area contributed by atoms with Crippen LogP contribution in [0.2, 0.25) is 0 Å². The van der Waals surface area contributed by atoms with Gasteiger partial charge in [-0.1, -0.05) is 0 Å². The number of amides is 2. The summed E-state index contributed by atoms with van der Waals surface area (Å²) in [6.07, 6.45) is 0.774. The predicted molar refractivity (Wildman–Crippen MR) is 71.0 cm³/mol. The Morgan fingerprint density at radius 3 is 2.45 bits per heavy atom. The van der Waals surface area contributed by atoms with Crippen LogP contribution in [-0.2, 0) is 0 Å². The zero-order chi connectivity index (χ0) is 14.8. The van der Waals surface area contributed by atoms with Gasteiger partial charge in [-0.3, -0.25) is 9.59 Å². The number of aliphatic hydroxyl groups excluding tert-OH is 1. The minimum Gasteiger partial charge on any atom is -0.393 e. The average molecular weight is 280 g/mol. The fraction of sp³-hybridized carbons (Fsp3) is 0.429. The summed E-state index contributed by atoms with van der Waals surface area (Å²) in [6, 6.07) is 5.92. The molecule has 1 heterocycles. The van der Waals surface area contributed by atoms with E-state index in [9.17, 15) is 14.0 Å². The third-order valence-electron chi connectivity index (χ3n) is 3.51. The van der Waals surface area contributed by atoms with Gasteiger partial charge in [0.05, 0.1) is 13.2 Å². The summed E-state index contributed by atoms with van der Waals surface area (Å²) in [6.45, 7) is -0.237. The quantitative estimate of drug-likeness (QED) is 0.855. The Morgan fingerprint density at radius 1 is 1.30 bits per heavy atom. The number of benzene rings is 1. The normalized spacial score (nSPS) is 22.6. The fourth-order valence-corrected chi connectivity index (χ4v) is 2.35. The number of carbonyl (C=O) groups is 2. The van der Waals surface area contributed by atoms with Crippen LogP contribution in [0, 0.1) is 0 Å². The van der Waals surface area contributed by atoms with Crippen LogP contribution in [0.5, 0.6) is 0 Å². The Kier molecular flexibility index (Phi) is 4.04. The maximum Gasteiger partial charge on any atom is 0.253 e. The molecule has 108 valence electrons. The first-order valence-corrected chi connectivity index (χ1v) is 6.44. The number of alkyl halides is 1. The van der Waals surface area contributed by atoms with Crippen LogP contribution in [0.15, 0.2) is 24.3 Å². The molecular formula is C14H17FN2O3. The van der Waals surface area contributed by atoms with Crippen LogP contribution >= 0.6 is 0 Å². The largest absolute Gasteiger partial charge is 0.393 e. The lowest BCUT2D eigenvalue weighted by molar-refractivity contribution is 0.00174. The van der Waals surface area contributed by atoms with Crippen LogP contribution in [0.3, 0.4) is 0 Å². The minimum absolute atomic E-state index is 0.111. The van der Waals surface area contributed by atoms with Gasteiger partial charge in [0.2, 0.25) is 5.91 Å². The second-order valence-corrected chi connectivity index (χ2v) is 5.08. The van der Waals surface area contributed by atoms with Gasteiger partial charge < -0.3 is 15.7 Å². The topological polar surface area (TPSA) is 83.6 Å². The smallest absolute Gasteiger partial charge is 0.253 e. The molecule has 0 aromatic heterocycles. The summed E-state index contributed by atoms with van der Waals surface area (Å²) >= 11 is 0. The zero-order valence-electron chi connectivity index (χ0n) is 11.0. The van der Waals surface area contributed by atoms with Gasteiger partial charge in [0.15, 0.2) is 5.67 Å². The van der Waals surface area contributed by atoms with Gasteiger partial charge in [0, 0.05) is 17.7 Å². The molecule has 1 unspecified atom stereocenters. The molecule has 0 aliphatic carbocycles. The van der Waals surface area contributed by atoms with Gasteiger partial charge in [-0.2, -0.15) is 0 Å². The molecule has 0 saturated carbocycles. The number of aliphatic hydroxyl groups is 1. The molecule has 1 aromatic rings. The number of nitrogens with zero attached hydrogens (tertiary/aromatic N) is 1. The first-order chi connectivity index (χ1) is 9.45. The van der Waals surface area contributed by atoms with Crippen molar-refractivity contribution < 1.29 is 19.1 Å². The van der Waals surface area contributed by atoms with Crippen LogP contribution in [0.25, 0.3) is 0 Å². The Labute approximate surface area is 116 Å². The fourth-order valence-electron chi connectivity index (χ4n) is 2.35. The number of hydrogen-bond acceptors (Lipinski definition) is 3. The summed E-state index contributed by atoms with van der Waals surface area (Å²) in [5.41, 5.74) is 4.09. The molecule has 5 nitrogen and oxygen atoms in total. The van der Waals surface area contributed by atoms with Crippen molar-refractivity contribution in [3.63, 3.8) is 0 Å².